The van der Waals surface area contributed by atoms with E-state index < -0.39 is 23.7 Å². The van der Waals surface area contributed by atoms with Gasteiger partial charge in [0.1, 0.15) is 11.6 Å². The fourth-order valence-corrected chi connectivity index (χ4v) is 3.54. The van der Waals surface area contributed by atoms with Crippen LogP contribution in [0.25, 0.3) is 11.2 Å². The van der Waals surface area contributed by atoms with Crippen LogP contribution in [0.1, 0.15) is 18.9 Å². The zero-order valence-electron chi connectivity index (χ0n) is 14.9. The van der Waals surface area contributed by atoms with Crippen molar-refractivity contribution in [2.75, 3.05) is 5.32 Å². The summed E-state index contributed by atoms with van der Waals surface area (Å²) in [4.78, 5) is 41.3. The summed E-state index contributed by atoms with van der Waals surface area (Å²) >= 11 is 1.28. The van der Waals surface area contributed by atoms with E-state index in [9.17, 15) is 14.4 Å². The van der Waals surface area contributed by atoms with Crippen LogP contribution in [0.15, 0.2) is 15.9 Å². The minimum atomic E-state index is -0.603. The summed E-state index contributed by atoms with van der Waals surface area (Å²) in [6.07, 6.45) is 2.22. The number of carbonyl (C=O) groups is 1. The summed E-state index contributed by atoms with van der Waals surface area (Å²) in [6, 6.07) is 0. The topological polar surface area (TPSA) is 117 Å². The van der Waals surface area contributed by atoms with Crippen molar-refractivity contribution in [3.05, 3.63) is 32.2 Å². The molecule has 0 fully saturated rings. The number of imidazole rings is 1. The molecule has 0 aliphatic carbocycles. The maximum Gasteiger partial charge on any atom is 0.332 e. The van der Waals surface area contributed by atoms with Gasteiger partial charge in [0.05, 0.1) is 6.33 Å². The van der Waals surface area contributed by atoms with Crippen LogP contribution in [0.3, 0.4) is 0 Å². The molecule has 10 nitrogen and oxygen atoms in total. The Bertz CT molecular complexity index is 1090. The summed E-state index contributed by atoms with van der Waals surface area (Å²) in [7, 11) is 3.16. The molecule has 26 heavy (non-hydrogen) atoms. The van der Waals surface area contributed by atoms with Gasteiger partial charge in [-0.2, -0.15) is 0 Å². The van der Waals surface area contributed by atoms with E-state index >= 15 is 0 Å². The lowest BCUT2D eigenvalue weighted by Gasteiger charge is -2.08. The Kier molecular flexibility index (Phi) is 4.72. The molecular weight excluding hydrogens is 358 g/mol. The highest BCUT2D eigenvalue weighted by Gasteiger charge is 2.17. The SMILES string of the molecule is CC(C)Cc1nnc(NC(=O)Cn2c(=O)c3c(ncn3C)n(C)c2=O)s1. The molecule has 0 radical (unpaired) electrons. The van der Waals surface area contributed by atoms with Gasteiger partial charge in [-0.3, -0.25) is 19.5 Å². The van der Waals surface area contributed by atoms with Crippen molar-refractivity contribution in [1.29, 1.82) is 0 Å². The molecule has 1 N–H and O–H groups in total. The first-order chi connectivity index (χ1) is 12.3. The highest BCUT2D eigenvalue weighted by molar-refractivity contribution is 7.15. The summed E-state index contributed by atoms with van der Waals surface area (Å²) in [5.41, 5.74) is -0.623. The molecule has 0 aliphatic heterocycles. The fraction of sp³-hybridized carbons (Fsp3) is 0.467. The smallest absolute Gasteiger partial charge is 0.328 e. The molecule has 3 aromatic heterocycles. The molecule has 1 amide bonds. The van der Waals surface area contributed by atoms with Crippen LogP contribution in [0, 0.1) is 5.92 Å². The Morgan fingerprint density at radius 2 is 2.00 bits per heavy atom. The quantitative estimate of drug-likeness (QED) is 0.675. The molecule has 0 saturated heterocycles. The second kappa shape index (κ2) is 6.83. The van der Waals surface area contributed by atoms with Gasteiger partial charge in [0.15, 0.2) is 11.2 Å². The second-order valence-corrected chi connectivity index (χ2v) is 7.47. The van der Waals surface area contributed by atoms with Crippen LogP contribution in [0.5, 0.6) is 0 Å². The summed E-state index contributed by atoms with van der Waals surface area (Å²) < 4.78 is 3.65. The number of hydrogen-bond donors (Lipinski definition) is 1. The molecule has 0 aliphatic rings. The number of nitrogens with zero attached hydrogens (tertiary/aromatic N) is 6. The summed E-state index contributed by atoms with van der Waals surface area (Å²) in [6.45, 7) is 3.72. The van der Waals surface area contributed by atoms with Crippen molar-refractivity contribution in [2.24, 2.45) is 20.0 Å². The number of rotatable bonds is 5. The van der Waals surface area contributed by atoms with Gasteiger partial charge in [0.2, 0.25) is 11.0 Å². The molecule has 0 unspecified atom stereocenters. The van der Waals surface area contributed by atoms with Crippen LogP contribution < -0.4 is 16.6 Å². The highest BCUT2D eigenvalue weighted by Crippen LogP contribution is 2.18. The van der Waals surface area contributed by atoms with Gasteiger partial charge in [-0.05, 0) is 5.92 Å². The fourth-order valence-electron chi connectivity index (χ4n) is 2.57. The largest absolute Gasteiger partial charge is 0.332 e. The maximum atomic E-state index is 12.6. The van der Waals surface area contributed by atoms with Crippen molar-refractivity contribution < 1.29 is 4.79 Å². The van der Waals surface area contributed by atoms with Gasteiger partial charge in [-0.15, -0.1) is 10.2 Å². The van der Waals surface area contributed by atoms with Gasteiger partial charge >= 0.3 is 5.69 Å². The zero-order chi connectivity index (χ0) is 19.0. The molecule has 138 valence electrons. The Hall–Kier alpha value is -2.82. The first-order valence-electron chi connectivity index (χ1n) is 8.01. The Balaban J connectivity index is 1.86. The number of aromatic nitrogens is 6. The van der Waals surface area contributed by atoms with E-state index in [0.717, 1.165) is 16.0 Å². The average molecular weight is 377 g/mol. The van der Waals surface area contributed by atoms with Crippen LogP contribution in [0.2, 0.25) is 0 Å². The lowest BCUT2D eigenvalue weighted by atomic mass is 10.1. The Morgan fingerprint density at radius 3 is 2.69 bits per heavy atom. The van der Waals surface area contributed by atoms with E-state index in [1.165, 1.54) is 33.8 Å². The van der Waals surface area contributed by atoms with Gasteiger partial charge in [-0.1, -0.05) is 25.2 Å². The normalized spacial score (nSPS) is 11.4. The third-order valence-corrected chi connectivity index (χ3v) is 4.66. The predicted molar refractivity (Wildman–Crippen MR) is 97.3 cm³/mol. The minimum absolute atomic E-state index is 0.259. The molecule has 0 atom stereocenters. The van der Waals surface area contributed by atoms with Crippen LogP contribution in [-0.2, 0) is 31.9 Å². The maximum absolute atomic E-state index is 12.6. The lowest BCUT2D eigenvalue weighted by Crippen LogP contribution is -2.42. The second-order valence-electron chi connectivity index (χ2n) is 6.41. The molecule has 11 heteroatoms. The summed E-state index contributed by atoms with van der Waals surface area (Å²) in [5, 5.41) is 11.7. The van der Waals surface area contributed by atoms with Gasteiger partial charge in [0.25, 0.3) is 5.56 Å². The predicted octanol–water partition coefficient (Wildman–Crippen LogP) is 0.122. The molecule has 3 heterocycles. The molecule has 3 rings (SSSR count). The third kappa shape index (κ3) is 3.29. The van der Waals surface area contributed by atoms with Gasteiger partial charge < -0.3 is 4.57 Å². The molecule has 0 spiro atoms. The first kappa shape index (κ1) is 18.0. The van der Waals surface area contributed by atoms with E-state index in [0.29, 0.717) is 11.0 Å². The van der Waals surface area contributed by atoms with E-state index in [-0.39, 0.29) is 11.2 Å². The molecule has 3 aromatic rings. The molecule has 0 bridgehead atoms. The van der Waals surface area contributed by atoms with E-state index in [2.05, 4.69) is 34.3 Å². The van der Waals surface area contributed by atoms with E-state index in [4.69, 9.17) is 0 Å². The van der Waals surface area contributed by atoms with Gasteiger partial charge in [-0.25, -0.2) is 14.3 Å². The number of aryl methyl sites for hydroxylation is 2. The van der Waals surface area contributed by atoms with E-state index in [1.54, 1.807) is 7.05 Å². The number of nitrogens with one attached hydrogen (secondary N) is 1. The monoisotopic (exact) mass is 377 g/mol. The van der Waals surface area contributed by atoms with Crippen molar-refractivity contribution in [3.8, 4) is 0 Å². The number of fused-ring (bicyclic) bond motifs is 1. The standard InChI is InChI=1S/C15H19N7O3S/c1-8(2)5-10-18-19-14(26-10)17-9(23)6-22-13(24)11-12(16-7-20(11)3)21(4)15(22)25/h7-8H,5-6H2,1-4H3,(H,17,19,23). The average Bonchev–Trinajstić information content (AvgIpc) is 3.15. The Labute approximate surface area is 152 Å². The molecular formula is C15H19N7O3S. The van der Waals surface area contributed by atoms with Crippen molar-refractivity contribution in [3.63, 3.8) is 0 Å². The van der Waals surface area contributed by atoms with Crippen molar-refractivity contribution in [2.45, 2.75) is 26.8 Å². The molecule has 0 aromatic carbocycles. The van der Waals surface area contributed by atoms with Crippen molar-refractivity contribution in [1.82, 2.24) is 28.9 Å². The Morgan fingerprint density at radius 1 is 1.27 bits per heavy atom. The third-order valence-electron chi connectivity index (χ3n) is 3.80. The van der Waals surface area contributed by atoms with Gasteiger partial charge in [0, 0.05) is 20.5 Å². The minimum Gasteiger partial charge on any atom is -0.328 e. The highest BCUT2D eigenvalue weighted by atomic mass is 32.1. The first-order valence-corrected chi connectivity index (χ1v) is 8.82. The zero-order valence-corrected chi connectivity index (χ0v) is 15.7. The van der Waals surface area contributed by atoms with Crippen molar-refractivity contribution >= 4 is 33.5 Å². The van der Waals surface area contributed by atoms with E-state index in [1.807, 2.05) is 0 Å². The molecule has 0 saturated carbocycles. The number of amides is 1. The summed E-state index contributed by atoms with van der Waals surface area (Å²) in [5.74, 6) is -0.0864. The van der Waals surface area contributed by atoms with Crippen LogP contribution in [-0.4, -0.2) is 34.8 Å². The number of hydrogen-bond acceptors (Lipinski definition) is 7. The number of carbonyl (C=O) groups excluding carboxylic acids is 1. The van der Waals surface area contributed by atoms with Crippen LogP contribution in [0.4, 0.5) is 5.13 Å². The lowest BCUT2D eigenvalue weighted by molar-refractivity contribution is -0.116. The number of anilines is 1. The van der Waals surface area contributed by atoms with Crippen LogP contribution >= 0.6 is 11.3 Å².